The van der Waals surface area contributed by atoms with Crippen LogP contribution in [0.5, 0.6) is 5.75 Å². The number of carbonyl (C=O) groups excluding carboxylic acids is 2. The molecule has 1 saturated heterocycles. The molecule has 1 aromatic carbocycles. The largest absolute Gasteiger partial charge is 0.495 e. The Morgan fingerprint density at radius 1 is 1.45 bits per heavy atom. The van der Waals surface area contributed by atoms with Gasteiger partial charge in [0.15, 0.2) is 0 Å². The SMILES string of the molecule is CCC(=O)Nc1cc(N2C[C@@H](C(=O)O)CC2=O)ccc1OC. The van der Waals surface area contributed by atoms with Crippen molar-refractivity contribution >= 4 is 29.2 Å². The molecular weight excluding hydrogens is 288 g/mol. The second kappa shape index (κ2) is 6.46. The van der Waals surface area contributed by atoms with Gasteiger partial charge in [-0.3, -0.25) is 14.4 Å². The number of carbonyl (C=O) groups is 3. The first-order valence-electron chi connectivity index (χ1n) is 6.97. The van der Waals surface area contributed by atoms with E-state index in [0.717, 1.165) is 0 Å². The maximum Gasteiger partial charge on any atom is 0.308 e. The molecule has 7 heteroatoms. The van der Waals surface area contributed by atoms with Crippen molar-refractivity contribution in [2.45, 2.75) is 19.8 Å². The number of nitrogens with zero attached hydrogens (tertiary/aromatic N) is 1. The number of rotatable bonds is 5. The van der Waals surface area contributed by atoms with E-state index in [1.807, 2.05) is 0 Å². The fourth-order valence-corrected chi connectivity index (χ4v) is 2.32. The van der Waals surface area contributed by atoms with E-state index >= 15 is 0 Å². The van der Waals surface area contributed by atoms with E-state index in [4.69, 9.17) is 9.84 Å². The molecule has 1 fully saturated rings. The van der Waals surface area contributed by atoms with Crippen LogP contribution < -0.4 is 15.0 Å². The molecule has 1 heterocycles. The van der Waals surface area contributed by atoms with Crippen molar-refractivity contribution in [1.82, 2.24) is 0 Å². The van der Waals surface area contributed by atoms with Crippen molar-refractivity contribution in [2.75, 3.05) is 23.9 Å². The van der Waals surface area contributed by atoms with E-state index < -0.39 is 11.9 Å². The molecule has 1 atom stereocenters. The molecule has 2 amide bonds. The van der Waals surface area contributed by atoms with Crippen LogP contribution in [0.1, 0.15) is 19.8 Å². The lowest BCUT2D eigenvalue weighted by atomic mass is 10.1. The molecule has 1 aliphatic heterocycles. The van der Waals surface area contributed by atoms with Crippen LogP contribution in [-0.4, -0.2) is 36.5 Å². The monoisotopic (exact) mass is 306 g/mol. The second-order valence-electron chi connectivity index (χ2n) is 5.03. The fraction of sp³-hybridized carbons (Fsp3) is 0.400. The third-order valence-electron chi connectivity index (χ3n) is 3.56. The average Bonchev–Trinajstić information content (AvgIpc) is 2.89. The van der Waals surface area contributed by atoms with Crippen molar-refractivity contribution in [3.63, 3.8) is 0 Å². The molecule has 1 aromatic rings. The Labute approximate surface area is 127 Å². The molecule has 0 radical (unpaired) electrons. The minimum atomic E-state index is -0.983. The van der Waals surface area contributed by atoms with Gasteiger partial charge in [0.1, 0.15) is 5.75 Å². The number of ether oxygens (including phenoxy) is 1. The van der Waals surface area contributed by atoms with E-state index in [2.05, 4.69) is 5.32 Å². The smallest absolute Gasteiger partial charge is 0.308 e. The summed E-state index contributed by atoms with van der Waals surface area (Å²) in [5, 5.41) is 11.7. The Kier molecular flexibility index (Phi) is 4.65. The van der Waals surface area contributed by atoms with E-state index in [9.17, 15) is 14.4 Å². The zero-order valence-electron chi connectivity index (χ0n) is 12.5. The van der Waals surface area contributed by atoms with E-state index in [0.29, 0.717) is 23.5 Å². The van der Waals surface area contributed by atoms with Crippen molar-refractivity contribution in [3.05, 3.63) is 18.2 Å². The molecule has 0 saturated carbocycles. The number of carboxylic acids is 1. The Bertz CT molecular complexity index is 614. The molecule has 0 spiro atoms. The average molecular weight is 306 g/mol. The zero-order chi connectivity index (χ0) is 16.3. The van der Waals surface area contributed by atoms with Crippen LogP contribution in [0, 0.1) is 5.92 Å². The number of hydrogen-bond donors (Lipinski definition) is 2. The Hall–Kier alpha value is -2.57. The van der Waals surface area contributed by atoms with Gasteiger partial charge in [0.2, 0.25) is 11.8 Å². The van der Waals surface area contributed by atoms with Gasteiger partial charge in [-0.05, 0) is 18.2 Å². The molecule has 22 heavy (non-hydrogen) atoms. The van der Waals surface area contributed by atoms with Crippen molar-refractivity contribution in [3.8, 4) is 5.75 Å². The number of benzene rings is 1. The van der Waals surface area contributed by atoms with Gasteiger partial charge in [-0.1, -0.05) is 6.92 Å². The predicted molar refractivity (Wildman–Crippen MR) is 80.0 cm³/mol. The lowest BCUT2D eigenvalue weighted by Gasteiger charge is -2.19. The summed E-state index contributed by atoms with van der Waals surface area (Å²) < 4.78 is 5.18. The number of amides is 2. The van der Waals surface area contributed by atoms with Crippen LogP contribution in [0.4, 0.5) is 11.4 Å². The minimum Gasteiger partial charge on any atom is -0.495 e. The Morgan fingerprint density at radius 2 is 2.18 bits per heavy atom. The summed E-state index contributed by atoms with van der Waals surface area (Å²) in [7, 11) is 1.48. The second-order valence-corrected chi connectivity index (χ2v) is 5.03. The summed E-state index contributed by atoms with van der Waals surface area (Å²) in [6, 6.07) is 4.93. The van der Waals surface area contributed by atoms with Gasteiger partial charge in [0.05, 0.1) is 18.7 Å². The van der Waals surface area contributed by atoms with Crippen molar-refractivity contribution in [1.29, 1.82) is 0 Å². The highest BCUT2D eigenvalue weighted by Gasteiger charge is 2.35. The molecule has 0 aliphatic carbocycles. The summed E-state index contributed by atoms with van der Waals surface area (Å²) >= 11 is 0. The first kappa shape index (κ1) is 15.8. The summed E-state index contributed by atoms with van der Waals surface area (Å²) in [4.78, 5) is 36.0. The first-order chi connectivity index (χ1) is 10.5. The standard InChI is InChI=1S/C15H18N2O5/c1-3-13(18)16-11-7-10(4-5-12(11)22-2)17-8-9(15(20)21)6-14(17)19/h4-5,7,9H,3,6,8H2,1-2H3,(H,16,18)(H,20,21)/t9-/m0/s1. The van der Waals surface area contributed by atoms with E-state index in [-0.39, 0.29) is 24.8 Å². The molecular formula is C15H18N2O5. The third-order valence-corrected chi connectivity index (χ3v) is 3.56. The van der Waals surface area contributed by atoms with Gasteiger partial charge in [-0.15, -0.1) is 0 Å². The van der Waals surface area contributed by atoms with Crippen LogP contribution in [0.2, 0.25) is 0 Å². The third kappa shape index (κ3) is 3.19. The highest BCUT2D eigenvalue weighted by Crippen LogP contribution is 2.32. The van der Waals surface area contributed by atoms with Gasteiger partial charge >= 0.3 is 5.97 Å². The maximum absolute atomic E-state index is 12.0. The molecule has 118 valence electrons. The van der Waals surface area contributed by atoms with Crippen LogP contribution in [0.15, 0.2) is 18.2 Å². The summed E-state index contributed by atoms with van der Waals surface area (Å²) in [5.41, 5.74) is 0.999. The zero-order valence-corrected chi connectivity index (χ0v) is 12.5. The summed E-state index contributed by atoms with van der Waals surface area (Å²) in [6.07, 6.45) is 0.301. The van der Waals surface area contributed by atoms with E-state index in [1.165, 1.54) is 12.0 Å². The fourth-order valence-electron chi connectivity index (χ4n) is 2.32. The van der Waals surface area contributed by atoms with Crippen molar-refractivity contribution in [2.24, 2.45) is 5.92 Å². The highest BCUT2D eigenvalue weighted by atomic mass is 16.5. The first-order valence-corrected chi connectivity index (χ1v) is 6.97. The van der Waals surface area contributed by atoms with Crippen LogP contribution in [0.25, 0.3) is 0 Å². The van der Waals surface area contributed by atoms with Gasteiger partial charge < -0.3 is 20.1 Å². The molecule has 1 aliphatic rings. The molecule has 0 aromatic heterocycles. The Morgan fingerprint density at radius 3 is 2.73 bits per heavy atom. The minimum absolute atomic E-state index is 0.0159. The number of aliphatic carboxylic acids is 1. The van der Waals surface area contributed by atoms with Crippen LogP contribution in [0.3, 0.4) is 0 Å². The number of methoxy groups -OCH3 is 1. The van der Waals surface area contributed by atoms with Crippen LogP contribution >= 0.6 is 0 Å². The summed E-state index contributed by atoms with van der Waals surface area (Å²) in [6.45, 7) is 1.86. The molecule has 2 rings (SSSR count). The highest BCUT2D eigenvalue weighted by molar-refractivity contribution is 6.00. The molecule has 0 bridgehead atoms. The number of nitrogens with one attached hydrogen (secondary N) is 1. The number of hydrogen-bond acceptors (Lipinski definition) is 4. The maximum atomic E-state index is 12.0. The van der Waals surface area contributed by atoms with Gasteiger partial charge in [0.25, 0.3) is 0 Å². The lowest BCUT2D eigenvalue weighted by molar-refractivity contribution is -0.141. The topological polar surface area (TPSA) is 95.9 Å². The van der Waals surface area contributed by atoms with Crippen LogP contribution in [-0.2, 0) is 14.4 Å². The summed E-state index contributed by atoms with van der Waals surface area (Å²) in [5.74, 6) is -1.63. The predicted octanol–water partition coefficient (Wildman–Crippen LogP) is 1.48. The number of carboxylic acid groups (broad SMARTS) is 1. The Balaban J connectivity index is 2.28. The van der Waals surface area contributed by atoms with Gasteiger partial charge in [-0.25, -0.2) is 0 Å². The van der Waals surface area contributed by atoms with Gasteiger partial charge in [0, 0.05) is 25.1 Å². The molecule has 7 nitrogen and oxygen atoms in total. The molecule has 0 unspecified atom stereocenters. The number of anilines is 2. The van der Waals surface area contributed by atoms with Gasteiger partial charge in [-0.2, -0.15) is 0 Å². The van der Waals surface area contributed by atoms with E-state index in [1.54, 1.807) is 25.1 Å². The normalized spacial score (nSPS) is 17.5. The quantitative estimate of drug-likeness (QED) is 0.859. The lowest BCUT2D eigenvalue weighted by Crippen LogP contribution is -2.26. The molecule has 2 N–H and O–H groups in total. The van der Waals surface area contributed by atoms with Crippen molar-refractivity contribution < 1.29 is 24.2 Å².